The molecule has 0 fully saturated rings. The van der Waals surface area contributed by atoms with Crippen LogP contribution < -0.4 is 0 Å². The van der Waals surface area contributed by atoms with Crippen molar-refractivity contribution in [3.05, 3.63) is 69.6 Å². The summed E-state index contributed by atoms with van der Waals surface area (Å²) in [7, 11) is 1.29. The molecule has 0 N–H and O–H groups in total. The lowest BCUT2D eigenvalue weighted by atomic mass is 9.97. The third kappa shape index (κ3) is 2.38. The quantitative estimate of drug-likeness (QED) is 0.638. The van der Waals surface area contributed by atoms with Crippen molar-refractivity contribution in [2.75, 3.05) is 7.11 Å². The number of benzene rings is 1. The zero-order chi connectivity index (χ0) is 16.6. The second-order valence-corrected chi connectivity index (χ2v) is 4.77. The molecule has 1 aromatic heterocycles. The molecule has 0 bridgehead atoms. The smallest absolute Gasteiger partial charge is 0.278 e. The summed E-state index contributed by atoms with van der Waals surface area (Å²) in [5, 5.41) is 11.1. The highest BCUT2D eigenvalue weighted by Crippen LogP contribution is 2.30. The van der Waals surface area contributed by atoms with Gasteiger partial charge in [-0.15, -0.1) is 0 Å². The molecule has 0 aliphatic heterocycles. The lowest BCUT2D eigenvalue weighted by Crippen LogP contribution is -2.20. The van der Waals surface area contributed by atoms with Gasteiger partial charge in [0, 0.05) is 12.1 Å². The van der Waals surface area contributed by atoms with Gasteiger partial charge in [0.15, 0.2) is 11.5 Å². The Bertz CT molecular complexity index is 886. The van der Waals surface area contributed by atoms with Crippen molar-refractivity contribution in [2.24, 2.45) is 0 Å². The van der Waals surface area contributed by atoms with Crippen molar-refractivity contribution in [1.29, 1.82) is 0 Å². The summed E-state index contributed by atoms with van der Waals surface area (Å²) >= 11 is 0. The molecule has 0 unspecified atom stereocenters. The monoisotopic (exact) mass is 310 g/mol. The Hall–Kier alpha value is -3.35. The van der Waals surface area contributed by atoms with Crippen LogP contribution in [0, 0.1) is 10.1 Å². The SMILES string of the molecule is COC1=CC(=O)c2ccc(-c3ccccc3[N+](=O)[O-])nc2C1=O. The van der Waals surface area contributed by atoms with Crippen molar-refractivity contribution in [3.8, 4) is 11.3 Å². The maximum Gasteiger partial charge on any atom is 0.278 e. The molecule has 1 aliphatic carbocycles. The minimum atomic E-state index is -0.525. The third-order valence-corrected chi connectivity index (χ3v) is 3.46. The van der Waals surface area contributed by atoms with Gasteiger partial charge < -0.3 is 4.74 Å². The van der Waals surface area contributed by atoms with E-state index in [0.717, 1.165) is 6.08 Å². The molecule has 23 heavy (non-hydrogen) atoms. The van der Waals surface area contributed by atoms with Gasteiger partial charge in [0.2, 0.25) is 5.78 Å². The van der Waals surface area contributed by atoms with Gasteiger partial charge in [-0.05, 0) is 18.2 Å². The number of nitro benzene ring substituents is 1. The van der Waals surface area contributed by atoms with E-state index < -0.39 is 16.5 Å². The number of ketones is 2. The molecule has 0 radical (unpaired) electrons. The predicted molar refractivity (Wildman–Crippen MR) is 80.1 cm³/mol. The molecule has 0 saturated carbocycles. The first-order chi connectivity index (χ1) is 11.0. The number of allylic oxidation sites excluding steroid dienone is 2. The maximum atomic E-state index is 12.3. The Kier molecular flexibility index (Phi) is 3.46. The van der Waals surface area contributed by atoms with Crippen LogP contribution >= 0.6 is 0 Å². The number of pyridine rings is 1. The lowest BCUT2D eigenvalue weighted by molar-refractivity contribution is -0.384. The van der Waals surface area contributed by atoms with Crippen LogP contribution in [-0.2, 0) is 4.74 Å². The molecule has 0 saturated heterocycles. The van der Waals surface area contributed by atoms with E-state index in [1.165, 1.54) is 31.4 Å². The van der Waals surface area contributed by atoms with Gasteiger partial charge in [-0.2, -0.15) is 0 Å². The number of carbonyl (C=O) groups is 2. The number of rotatable bonds is 3. The zero-order valence-electron chi connectivity index (χ0n) is 12.0. The Balaban J connectivity index is 2.17. The first-order valence-electron chi connectivity index (χ1n) is 6.62. The standard InChI is InChI=1S/C16H10N2O5/c1-23-14-8-13(19)10-6-7-11(17-15(10)16(14)20)9-4-2-3-5-12(9)18(21)22/h2-8H,1H3. The molecule has 3 rings (SSSR count). The fraction of sp³-hybridized carbons (Fsp3) is 0.0625. The van der Waals surface area contributed by atoms with Gasteiger partial charge in [0.05, 0.1) is 28.9 Å². The van der Waals surface area contributed by atoms with Crippen LogP contribution in [0.2, 0.25) is 0 Å². The molecule has 1 aliphatic rings. The number of Topliss-reactive ketones (excluding diaryl/α,β-unsaturated/α-hetero) is 1. The molecule has 7 nitrogen and oxygen atoms in total. The van der Waals surface area contributed by atoms with E-state index in [1.807, 2.05) is 0 Å². The summed E-state index contributed by atoms with van der Waals surface area (Å²) < 4.78 is 4.88. The van der Waals surface area contributed by atoms with Crippen molar-refractivity contribution in [1.82, 2.24) is 4.98 Å². The highest BCUT2D eigenvalue weighted by Gasteiger charge is 2.29. The van der Waals surface area contributed by atoms with E-state index in [2.05, 4.69) is 4.98 Å². The first-order valence-corrected chi connectivity index (χ1v) is 6.62. The van der Waals surface area contributed by atoms with Crippen LogP contribution in [-0.4, -0.2) is 28.6 Å². The summed E-state index contributed by atoms with van der Waals surface area (Å²) in [5.74, 6) is -1.02. The van der Waals surface area contributed by atoms with Crippen LogP contribution in [0.15, 0.2) is 48.2 Å². The third-order valence-electron chi connectivity index (χ3n) is 3.46. The molecular weight excluding hydrogens is 300 g/mol. The summed E-state index contributed by atoms with van der Waals surface area (Å²) in [6.45, 7) is 0. The fourth-order valence-corrected chi connectivity index (χ4v) is 2.36. The Morgan fingerprint density at radius 2 is 1.83 bits per heavy atom. The molecule has 2 aromatic rings. The largest absolute Gasteiger partial charge is 0.492 e. The van der Waals surface area contributed by atoms with Crippen molar-refractivity contribution in [2.45, 2.75) is 0 Å². The minimum Gasteiger partial charge on any atom is -0.492 e. The maximum absolute atomic E-state index is 12.3. The molecule has 7 heteroatoms. The number of ether oxygens (including phenoxy) is 1. The van der Waals surface area contributed by atoms with Crippen LogP contribution in [0.25, 0.3) is 11.3 Å². The van der Waals surface area contributed by atoms with Crippen molar-refractivity contribution >= 4 is 17.3 Å². The summed E-state index contributed by atoms with van der Waals surface area (Å²) in [6, 6.07) is 8.99. The Morgan fingerprint density at radius 1 is 1.09 bits per heavy atom. The Labute approximate surface area is 130 Å². The van der Waals surface area contributed by atoms with Gasteiger partial charge >= 0.3 is 0 Å². The fourth-order valence-electron chi connectivity index (χ4n) is 2.36. The molecule has 0 spiro atoms. The van der Waals surface area contributed by atoms with Gasteiger partial charge in [0.1, 0.15) is 5.69 Å². The summed E-state index contributed by atoms with van der Waals surface area (Å²) in [4.78, 5) is 39.0. The predicted octanol–water partition coefficient (Wildman–Crippen LogP) is 2.57. The summed E-state index contributed by atoms with van der Waals surface area (Å²) in [6.07, 6.45) is 1.11. The van der Waals surface area contributed by atoms with Crippen LogP contribution in [0.1, 0.15) is 20.8 Å². The van der Waals surface area contributed by atoms with E-state index in [-0.39, 0.29) is 34.0 Å². The van der Waals surface area contributed by atoms with Gasteiger partial charge in [-0.25, -0.2) is 4.98 Å². The second-order valence-electron chi connectivity index (χ2n) is 4.77. The van der Waals surface area contributed by atoms with Crippen LogP contribution in [0.4, 0.5) is 5.69 Å². The average Bonchev–Trinajstić information content (AvgIpc) is 2.57. The Morgan fingerprint density at radius 3 is 2.52 bits per heavy atom. The molecule has 114 valence electrons. The normalized spacial score (nSPS) is 13.3. The number of fused-ring (bicyclic) bond motifs is 1. The van der Waals surface area contributed by atoms with Gasteiger partial charge in [0.25, 0.3) is 5.69 Å². The number of hydrogen-bond donors (Lipinski definition) is 0. The highest BCUT2D eigenvalue weighted by atomic mass is 16.6. The number of hydrogen-bond acceptors (Lipinski definition) is 6. The molecule has 0 amide bonds. The first kappa shape index (κ1) is 14.6. The van der Waals surface area contributed by atoms with Crippen molar-refractivity contribution in [3.63, 3.8) is 0 Å². The van der Waals surface area contributed by atoms with E-state index >= 15 is 0 Å². The highest BCUT2D eigenvalue weighted by molar-refractivity contribution is 6.23. The number of aromatic nitrogens is 1. The number of para-hydroxylation sites is 1. The molecule has 1 heterocycles. The van der Waals surface area contributed by atoms with E-state index in [1.54, 1.807) is 12.1 Å². The van der Waals surface area contributed by atoms with Gasteiger partial charge in [-0.3, -0.25) is 19.7 Å². The summed E-state index contributed by atoms with van der Waals surface area (Å²) in [5.41, 5.74) is 0.476. The average molecular weight is 310 g/mol. The van der Waals surface area contributed by atoms with Gasteiger partial charge in [-0.1, -0.05) is 12.1 Å². The van der Waals surface area contributed by atoms with Crippen molar-refractivity contribution < 1.29 is 19.2 Å². The van der Waals surface area contributed by atoms with E-state index in [4.69, 9.17) is 4.74 Å². The number of nitro groups is 1. The second kappa shape index (κ2) is 5.45. The number of nitrogens with zero attached hydrogens (tertiary/aromatic N) is 2. The molecular formula is C16H10N2O5. The molecule has 0 atom stereocenters. The van der Waals surface area contributed by atoms with Crippen LogP contribution in [0.3, 0.4) is 0 Å². The lowest BCUT2D eigenvalue weighted by Gasteiger charge is -2.14. The van der Waals surface area contributed by atoms with Crippen LogP contribution in [0.5, 0.6) is 0 Å². The topological polar surface area (TPSA) is 99.4 Å². The van der Waals surface area contributed by atoms with E-state index in [9.17, 15) is 19.7 Å². The number of methoxy groups -OCH3 is 1. The number of carbonyl (C=O) groups excluding carboxylic acids is 2. The molecule has 1 aromatic carbocycles. The zero-order valence-corrected chi connectivity index (χ0v) is 12.0. The minimum absolute atomic E-state index is 0.0648. The van der Waals surface area contributed by atoms with E-state index in [0.29, 0.717) is 0 Å².